The van der Waals surface area contributed by atoms with Gasteiger partial charge in [0.05, 0.1) is 40.3 Å². The van der Waals surface area contributed by atoms with Gasteiger partial charge >= 0.3 is 0 Å². The second-order valence-electron chi connectivity index (χ2n) is 10.0. The van der Waals surface area contributed by atoms with Gasteiger partial charge in [-0.2, -0.15) is 4.98 Å². The third-order valence-corrected chi connectivity index (χ3v) is 8.31. The molecule has 1 saturated carbocycles. The zero-order chi connectivity index (χ0) is 26.3. The van der Waals surface area contributed by atoms with Crippen molar-refractivity contribution in [2.75, 3.05) is 17.2 Å². The maximum absolute atomic E-state index is 11.1. The molecule has 0 amide bonds. The van der Waals surface area contributed by atoms with E-state index in [-0.39, 0.29) is 12.6 Å². The Morgan fingerprint density at radius 2 is 1.89 bits per heavy atom. The largest absolute Gasteiger partial charge is 0.396 e. The number of pyridine rings is 1. The van der Waals surface area contributed by atoms with Gasteiger partial charge in [0, 0.05) is 18.7 Å². The molecule has 5 N–H and O–H groups in total. The van der Waals surface area contributed by atoms with Crippen LogP contribution >= 0.6 is 11.3 Å². The molecule has 0 aliphatic heterocycles. The van der Waals surface area contributed by atoms with Crippen molar-refractivity contribution in [2.24, 2.45) is 5.92 Å². The summed E-state index contributed by atoms with van der Waals surface area (Å²) in [5.41, 5.74) is 3.08. The summed E-state index contributed by atoms with van der Waals surface area (Å²) in [4.78, 5) is 18.5. The van der Waals surface area contributed by atoms with E-state index in [2.05, 4.69) is 53.7 Å². The van der Waals surface area contributed by atoms with Crippen molar-refractivity contribution in [1.29, 1.82) is 0 Å². The number of thiazole rings is 1. The van der Waals surface area contributed by atoms with Crippen molar-refractivity contribution >= 4 is 33.3 Å². The molecule has 5 atom stereocenters. The fourth-order valence-electron chi connectivity index (χ4n) is 4.92. The molecular formula is C27H32N6O3S. The van der Waals surface area contributed by atoms with Crippen LogP contribution in [0.25, 0.3) is 20.8 Å². The van der Waals surface area contributed by atoms with E-state index in [0.29, 0.717) is 18.2 Å². The van der Waals surface area contributed by atoms with Gasteiger partial charge in [-0.05, 0) is 45.7 Å². The lowest BCUT2D eigenvalue weighted by Gasteiger charge is -2.30. The summed E-state index contributed by atoms with van der Waals surface area (Å²) in [6.07, 6.45) is 2.79. The van der Waals surface area contributed by atoms with E-state index in [1.807, 2.05) is 13.0 Å². The van der Waals surface area contributed by atoms with Crippen LogP contribution < -0.4 is 10.6 Å². The molecule has 3 aromatic heterocycles. The first-order valence-electron chi connectivity index (χ1n) is 12.4. The first-order valence-corrected chi connectivity index (χ1v) is 13.2. The Labute approximate surface area is 219 Å². The smallest absolute Gasteiger partial charge is 0.225 e. The quantitative estimate of drug-likeness (QED) is 0.246. The van der Waals surface area contributed by atoms with Gasteiger partial charge in [-0.3, -0.25) is 4.98 Å². The number of nitrogens with zero attached hydrogens (tertiary/aromatic N) is 4. The molecule has 194 valence electrons. The van der Waals surface area contributed by atoms with Crippen molar-refractivity contribution in [1.82, 2.24) is 19.9 Å². The van der Waals surface area contributed by atoms with Gasteiger partial charge in [0.15, 0.2) is 0 Å². The lowest BCUT2D eigenvalue weighted by molar-refractivity contribution is -0.0647. The van der Waals surface area contributed by atoms with E-state index in [1.165, 1.54) is 16.9 Å². The Kier molecular flexibility index (Phi) is 6.84. The predicted octanol–water partition coefficient (Wildman–Crippen LogP) is 3.84. The van der Waals surface area contributed by atoms with E-state index in [0.717, 1.165) is 32.0 Å². The molecule has 3 heterocycles. The van der Waals surface area contributed by atoms with Crippen molar-refractivity contribution in [3.63, 3.8) is 0 Å². The number of hydrogen-bond donors (Lipinski definition) is 5. The molecule has 5 rings (SSSR count). The van der Waals surface area contributed by atoms with Gasteiger partial charge in [-0.15, -0.1) is 11.3 Å². The molecular weight excluding hydrogens is 488 g/mol. The Morgan fingerprint density at radius 1 is 1.14 bits per heavy atom. The van der Waals surface area contributed by atoms with Crippen LogP contribution in [0, 0.1) is 19.8 Å². The fourth-order valence-corrected chi connectivity index (χ4v) is 5.95. The SMILES string of the molecule is Cc1ccc([C@@H](C)Nc2nc(C)c(-c3nc4cnccc4s3)c(N[C@@H]3C[C@H](CO)[C@@H](O)[C@@]3(C)O)n2)cc1. The van der Waals surface area contributed by atoms with Crippen LogP contribution in [0.4, 0.5) is 11.8 Å². The van der Waals surface area contributed by atoms with Gasteiger partial charge in [0.25, 0.3) is 0 Å². The third kappa shape index (κ3) is 4.89. The standard InChI is InChI=1S/C27H32N6O3S/c1-14-5-7-17(8-6-14)15(2)29-26-30-16(3)22(25-31-19-12-28-10-9-20(19)37-25)24(33-26)32-21-11-18(13-34)23(35)27(21,4)36/h5-10,12,15,18,21,23,34-36H,11,13H2,1-4H3,(H2,29,30,32,33)/t15-,18-,21-,23-,27+/m1/s1. The molecule has 1 fully saturated rings. The highest BCUT2D eigenvalue weighted by atomic mass is 32.1. The average Bonchev–Trinajstić information content (AvgIpc) is 3.38. The third-order valence-electron chi connectivity index (χ3n) is 7.25. The second-order valence-corrected chi connectivity index (χ2v) is 11.1. The monoisotopic (exact) mass is 520 g/mol. The van der Waals surface area contributed by atoms with E-state index in [1.54, 1.807) is 19.3 Å². The zero-order valence-corrected chi connectivity index (χ0v) is 22.1. The highest BCUT2D eigenvalue weighted by molar-refractivity contribution is 7.21. The number of nitrogens with one attached hydrogen (secondary N) is 2. The van der Waals surface area contributed by atoms with Crippen LogP contribution in [-0.4, -0.2) is 59.6 Å². The lowest BCUT2D eigenvalue weighted by Crippen LogP contribution is -2.48. The summed E-state index contributed by atoms with van der Waals surface area (Å²) in [7, 11) is 0. The van der Waals surface area contributed by atoms with Gasteiger partial charge in [0.1, 0.15) is 21.9 Å². The van der Waals surface area contributed by atoms with Gasteiger partial charge < -0.3 is 26.0 Å². The van der Waals surface area contributed by atoms with Gasteiger partial charge in [-0.25, -0.2) is 9.97 Å². The summed E-state index contributed by atoms with van der Waals surface area (Å²) in [6, 6.07) is 9.64. The molecule has 0 radical (unpaired) electrons. The number of hydrogen-bond acceptors (Lipinski definition) is 10. The summed E-state index contributed by atoms with van der Waals surface area (Å²) in [6.45, 7) is 7.39. The normalized spacial score (nSPS) is 24.4. The molecule has 1 aliphatic carbocycles. The number of anilines is 2. The van der Waals surface area contributed by atoms with Crippen LogP contribution in [-0.2, 0) is 0 Å². The number of aryl methyl sites for hydroxylation is 2. The molecule has 0 saturated heterocycles. The maximum Gasteiger partial charge on any atom is 0.225 e. The van der Waals surface area contributed by atoms with Crippen LogP contribution in [0.5, 0.6) is 0 Å². The number of fused-ring (bicyclic) bond motifs is 1. The van der Waals surface area contributed by atoms with E-state index in [4.69, 9.17) is 15.0 Å². The number of aromatic nitrogens is 4. The molecule has 1 aromatic carbocycles. The summed E-state index contributed by atoms with van der Waals surface area (Å²) < 4.78 is 0.995. The minimum absolute atomic E-state index is 0.0394. The second kappa shape index (κ2) is 9.94. The summed E-state index contributed by atoms with van der Waals surface area (Å²) in [5.74, 6) is 0.511. The number of benzene rings is 1. The Bertz CT molecular complexity index is 1370. The number of aliphatic hydroxyl groups excluding tert-OH is 2. The van der Waals surface area contributed by atoms with Crippen LogP contribution in [0.2, 0.25) is 0 Å². The first-order chi connectivity index (χ1) is 17.7. The molecule has 0 spiro atoms. The topological polar surface area (TPSA) is 136 Å². The molecule has 37 heavy (non-hydrogen) atoms. The average molecular weight is 521 g/mol. The lowest BCUT2D eigenvalue weighted by atomic mass is 9.96. The number of aliphatic hydroxyl groups is 3. The van der Waals surface area contributed by atoms with E-state index < -0.39 is 23.7 Å². The Morgan fingerprint density at radius 3 is 2.57 bits per heavy atom. The van der Waals surface area contributed by atoms with E-state index >= 15 is 0 Å². The molecule has 0 unspecified atom stereocenters. The first kappa shape index (κ1) is 25.5. The fraction of sp³-hybridized carbons (Fsp3) is 0.407. The Hall–Kier alpha value is -3.18. The van der Waals surface area contributed by atoms with Gasteiger partial charge in [-0.1, -0.05) is 29.8 Å². The van der Waals surface area contributed by atoms with E-state index in [9.17, 15) is 15.3 Å². The predicted molar refractivity (Wildman–Crippen MR) is 146 cm³/mol. The van der Waals surface area contributed by atoms with Crippen molar-refractivity contribution < 1.29 is 15.3 Å². The summed E-state index contributed by atoms with van der Waals surface area (Å²) in [5, 5.41) is 39.0. The van der Waals surface area contributed by atoms with Crippen molar-refractivity contribution in [2.45, 2.75) is 57.9 Å². The highest BCUT2D eigenvalue weighted by Crippen LogP contribution is 2.40. The molecule has 1 aliphatic rings. The minimum atomic E-state index is -1.45. The zero-order valence-electron chi connectivity index (χ0n) is 21.3. The van der Waals surface area contributed by atoms with Crippen LogP contribution in [0.3, 0.4) is 0 Å². The van der Waals surface area contributed by atoms with Crippen molar-refractivity contribution in [3.8, 4) is 10.6 Å². The number of rotatable bonds is 7. The molecule has 0 bridgehead atoms. The maximum atomic E-state index is 11.1. The Balaban J connectivity index is 1.55. The molecule has 9 nitrogen and oxygen atoms in total. The highest BCUT2D eigenvalue weighted by Gasteiger charge is 2.50. The molecule has 10 heteroatoms. The van der Waals surface area contributed by atoms with Crippen LogP contribution in [0.15, 0.2) is 42.7 Å². The van der Waals surface area contributed by atoms with Crippen LogP contribution in [0.1, 0.15) is 43.1 Å². The minimum Gasteiger partial charge on any atom is -0.396 e. The van der Waals surface area contributed by atoms with Crippen molar-refractivity contribution in [3.05, 3.63) is 59.5 Å². The van der Waals surface area contributed by atoms with Gasteiger partial charge in [0.2, 0.25) is 5.95 Å². The molecule has 4 aromatic rings. The summed E-state index contributed by atoms with van der Waals surface area (Å²) >= 11 is 1.52.